The number of nitrogens with one attached hydrogen (secondary N) is 2. The molecular formula is C22H31F3IN3O3. The van der Waals surface area contributed by atoms with E-state index in [2.05, 4.69) is 15.6 Å². The summed E-state index contributed by atoms with van der Waals surface area (Å²) in [5, 5.41) is 6.55. The summed E-state index contributed by atoms with van der Waals surface area (Å²) in [5.74, 6) is 1.54. The lowest BCUT2D eigenvalue weighted by atomic mass is 10.1. The highest BCUT2D eigenvalue weighted by molar-refractivity contribution is 14.0. The van der Waals surface area contributed by atoms with Crippen LogP contribution in [0.25, 0.3) is 0 Å². The van der Waals surface area contributed by atoms with Gasteiger partial charge >= 0.3 is 6.18 Å². The van der Waals surface area contributed by atoms with Crippen LogP contribution in [-0.4, -0.2) is 45.0 Å². The fraction of sp³-hybridized carbons (Fsp3) is 0.500. The maximum Gasteiger partial charge on any atom is 0.411 e. The van der Waals surface area contributed by atoms with Gasteiger partial charge in [0.2, 0.25) is 0 Å². The summed E-state index contributed by atoms with van der Waals surface area (Å²) in [4.78, 5) is 4.59. The normalized spacial score (nSPS) is 11.8. The third-order valence-corrected chi connectivity index (χ3v) is 4.15. The molecule has 10 heteroatoms. The summed E-state index contributed by atoms with van der Waals surface area (Å²) in [6, 6.07) is 11.0. The van der Waals surface area contributed by atoms with Gasteiger partial charge in [-0.15, -0.1) is 24.0 Å². The molecule has 2 N–H and O–H groups in total. The van der Waals surface area contributed by atoms with Crippen molar-refractivity contribution in [3.8, 4) is 0 Å². The van der Waals surface area contributed by atoms with Gasteiger partial charge in [-0.25, -0.2) is 4.99 Å². The molecule has 0 saturated heterocycles. The number of alkyl halides is 3. The summed E-state index contributed by atoms with van der Waals surface area (Å²) < 4.78 is 52.1. The van der Waals surface area contributed by atoms with Gasteiger partial charge in [0.1, 0.15) is 12.4 Å². The van der Waals surface area contributed by atoms with Crippen molar-refractivity contribution >= 4 is 29.9 Å². The van der Waals surface area contributed by atoms with Crippen LogP contribution in [0.5, 0.6) is 0 Å². The molecule has 0 aliphatic carbocycles. The number of hydrogen-bond acceptors (Lipinski definition) is 4. The highest BCUT2D eigenvalue weighted by atomic mass is 127. The van der Waals surface area contributed by atoms with E-state index in [9.17, 15) is 13.2 Å². The number of aliphatic imine (C=N–C) groups is 1. The van der Waals surface area contributed by atoms with Crippen molar-refractivity contribution in [3.63, 3.8) is 0 Å². The summed E-state index contributed by atoms with van der Waals surface area (Å²) in [6.07, 6.45) is -1.12. The third-order valence-electron chi connectivity index (χ3n) is 4.15. The molecule has 0 unspecified atom stereocenters. The molecule has 0 aliphatic heterocycles. The Morgan fingerprint density at radius 2 is 1.84 bits per heavy atom. The molecule has 32 heavy (non-hydrogen) atoms. The van der Waals surface area contributed by atoms with E-state index in [4.69, 9.17) is 13.9 Å². The maximum absolute atomic E-state index is 12.2. The molecule has 0 saturated carbocycles. The molecule has 180 valence electrons. The van der Waals surface area contributed by atoms with E-state index < -0.39 is 12.8 Å². The first-order chi connectivity index (χ1) is 15.0. The minimum Gasteiger partial charge on any atom is -0.469 e. The zero-order valence-electron chi connectivity index (χ0n) is 18.1. The van der Waals surface area contributed by atoms with Crippen LogP contribution in [0.4, 0.5) is 13.2 Å². The van der Waals surface area contributed by atoms with Gasteiger partial charge in [0.15, 0.2) is 5.96 Å². The molecule has 0 fully saturated rings. The summed E-state index contributed by atoms with van der Waals surface area (Å²) in [7, 11) is 0. The minimum atomic E-state index is -4.33. The first-order valence-corrected chi connectivity index (χ1v) is 10.3. The summed E-state index contributed by atoms with van der Waals surface area (Å²) in [6.45, 7) is 3.70. The Hall–Kier alpha value is -1.79. The predicted octanol–water partition coefficient (Wildman–Crippen LogP) is 4.68. The molecule has 1 aromatic carbocycles. The van der Waals surface area contributed by atoms with Gasteiger partial charge in [0.25, 0.3) is 0 Å². The van der Waals surface area contributed by atoms with E-state index in [1.807, 2.05) is 25.1 Å². The maximum atomic E-state index is 12.2. The molecule has 0 aliphatic rings. The standard InChI is InChI=1S/C22H30F3N3O3.HI/c1-2-29-12-5-10-26-21(27-11-9-20-8-4-13-31-20)28-15-18-6-3-7-19(14-18)16-30-17-22(23,24)25;/h3-4,6-8,13-14H,2,5,9-12,15-17H2,1H3,(H2,26,27,28);1H. The number of guanidine groups is 1. The van der Waals surface area contributed by atoms with Gasteiger partial charge in [0, 0.05) is 32.7 Å². The molecule has 1 heterocycles. The van der Waals surface area contributed by atoms with Crippen molar-refractivity contribution in [2.75, 3.05) is 32.9 Å². The van der Waals surface area contributed by atoms with Crippen molar-refractivity contribution in [1.82, 2.24) is 10.6 Å². The van der Waals surface area contributed by atoms with E-state index in [1.54, 1.807) is 24.5 Å². The second-order valence-corrected chi connectivity index (χ2v) is 6.83. The van der Waals surface area contributed by atoms with Gasteiger partial charge < -0.3 is 24.5 Å². The van der Waals surface area contributed by atoms with Crippen LogP contribution in [-0.2, 0) is 29.0 Å². The number of benzene rings is 1. The minimum absolute atomic E-state index is 0. The quantitative estimate of drug-likeness (QED) is 0.159. The first kappa shape index (κ1) is 28.2. The molecule has 0 amide bonds. The zero-order valence-corrected chi connectivity index (χ0v) is 20.4. The van der Waals surface area contributed by atoms with E-state index in [-0.39, 0.29) is 30.6 Å². The topological polar surface area (TPSA) is 68.0 Å². The monoisotopic (exact) mass is 569 g/mol. The molecule has 0 radical (unpaired) electrons. The van der Waals surface area contributed by atoms with Gasteiger partial charge in [-0.3, -0.25) is 0 Å². The highest BCUT2D eigenvalue weighted by Gasteiger charge is 2.27. The Morgan fingerprint density at radius 1 is 1.06 bits per heavy atom. The highest BCUT2D eigenvalue weighted by Crippen LogP contribution is 2.16. The Labute approximate surface area is 204 Å². The average Bonchev–Trinajstić information content (AvgIpc) is 3.24. The smallest absolute Gasteiger partial charge is 0.411 e. The number of rotatable bonds is 13. The SMILES string of the molecule is CCOCCCNC(=NCc1cccc(COCC(F)(F)F)c1)NCCc1ccco1.I. The Balaban J connectivity index is 0.00000512. The largest absolute Gasteiger partial charge is 0.469 e. The van der Waals surface area contributed by atoms with Gasteiger partial charge in [0.05, 0.1) is 19.4 Å². The Bertz CT molecular complexity index is 771. The van der Waals surface area contributed by atoms with Crippen LogP contribution >= 0.6 is 24.0 Å². The zero-order chi connectivity index (χ0) is 22.4. The molecule has 0 bridgehead atoms. The molecule has 2 rings (SSSR count). The summed E-state index contributed by atoms with van der Waals surface area (Å²) in [5.41, 5.74) is 1.56. The number of nitrogens with zero attached hydrogens (tertiary/aromatic N) is 1. The number of halogens is 4. The van der Waals surface area contributed by atoms with Crippen LogP contribution in [0.1, 0.15) is 30.2 Å². The van der Waals surface area contributed by atoms with Gasteiger partial charge in [-0.05, 0) is 36.6 Å². The number of furan rings is 1. The molecule has 0 atom stereocenters. The fourth-order valence-corrected chi connectivity index (χ4v) is 2.73. The van der Waals surface area contributed by atoms with Crippen molar-refractivity contribution in [1.29, 1.82) is 0 Å². The number of hydrogen-bond donors (Lipinski definition) is 2. The number of ether oxygens (including phenoxy) is 2. The van der Waals surface area contributed by atoms with Crippen molar-refractivity contribution in [2.24, 2.45) is 4.99 Å². The fourth-order valence-electron chi connectivity index (χ4n) is 2.73. The molecule has 0 spiro atoms. The molecular weight excluding hydrogens is 538 g/mol. The van der Waals surface area contributed by atoms with Gasteiger partial charge in [-0.1, -0.05) is 24.3 Å². The Kier molecular flexibility index (Phi) is 14.1. The van der Waals surface area contributed by atoms with Crippen molar-refractivity contribution in [2.45, 2.75) is 39.1 Å². The summed E-state index contributed by atoms with van der Waals surface area (Å²) >= 11 is 0. The van der Waals surface area contributed by atoms with Crippen LogP contribution in [0.2, 0.25) is 0 Å². The second-order valence-electron chi connectivity index (χ2n) is 6.83. The van der Waals surface area contributed by atoms with Crippen molar-refractivity contribution in [3.05, 3.63) is 59.5 Å². The lowest BCUT2D eigenvalue weighted by Crippen LogP contribution is -2.39. The van der Waals surface area contributed by atoms with E-state index in [0.29, 0.717) is 44.4 Å². The average molecular weight is 569 g/mol. The predicted molar refractivity (Wildman–Crippen MR) is 128 cm³/mol. The molecule has 2 aromatic rings. The molecule has 1 aromatic heterocycles. The first-order valence-electron chi connectivity index (χ1n) is 10.3. The van der Waals surface area contributed by atoms with E-state index >= 15 is 0 Å². The molecule has 6 nitrogen and oxygen atoms in total. The van der Waals surface area contributed by atoms with Crippen LogP contribution in [0.3, 0.4) is 0 Å². The van der Waals surface area contributed by atoms with E-state index in [0.717, 1.165) is 24.2 Å². The van der Waals surface area contributed by atoms with Crippen molar-refractivity contribution < 1.29 is 27.1 Å². The Morgan fingerprint density at radius 3 is 2.56 bits per heavy atom. The lowest BCUT2D eigenvalue weighted by Gasteiger charge is -2.13. The second kappa shape index (κ2) is 15.9. The van der Waals surface area contributed by atoms with E-state index in [1.165, 1.54) is 0 Å². The lowest BCUT2D eigenvalue weighted by molar-refractivity contribution is -0.176. The van der Waals surface area contributed by atoms with Crippen LogP contribution in [0, 0.1) is 0 Å². The van der Waals surface area contributed by atoms with Crippen LogP contribution < -0.4 is 10.6 Å². The van der Waals surface area contributed by atoms with Gasteiger partial charge in [-0.2, -0.15) is 13.2 Å². The third kappa shape index (κ3) is 12.9. The van der Waals surface area contributed by atoms with Crippen LogP contribution in [0.15, 0.2) is 52.1 Å².